The van der Waals surface area contributed by atoms with Gasteiger partial charge in [0.15, 0.2) is 5.82 Å². The molecule has 6 heterocycles. The summed E-state index contributed by atoms with van der Waals surface area (Å²) in [6.07, 6.45) is 5.86. The molecular formula is C37H34N8O4S. The maximum Gasteiger partial charge on any atom is 0.255 e. The normalized spacial score (nSPS) is 16.6. The van der Waals surface area contributed by atoms with Crippen LogP contribution in [-0.4, -0.2) is 59.8 Å². The summed E-state index contributed by atoms with van der Waals surface area (Å²) in [6.45, 7) is 4.55. The monoisotopic (exact) mass is 686 g/mol. The number of amides is 3. The number of nitrogens with zero attached hydrogens (tertiary/aromatic N) is 6. The fourth-order valence-corrected chi connectivity index (χ4v) is 8.05. The third-order valence-corrected chi connectivity index (χ3v) is 10.5. The number of hydrogen-bond acceptors (Lipinski definition) is 9. The lowest BCUT2D eigenvalue weighted by molar-refractivity contribution is -0.136. The van der Waals surface area contributed by atoms with Gasteiger partial charge < -0.3 is 15.0 Å². The Balaban J connectivity index is 0.939. The molecule has 3 aliphatic rings. The Bertz CT molecular complexity index is 2190. The molecule has 3 aromatic heterocycles. The van der Waals surface area contributed by atoms with E-state index in [4.69, 9.17) is 4.74 Å². The highest BCUT2D eigenvalue weighted by Crippen LogP contribution is 2.37. The predicted molar refractivity (Wildman–Crippen MR) is 186 cm³/mol. The van der Waals surface area contributed by atoms with Gasteiger partial charge in [0.25, 0.3) is 5.91 Å². The molecule has 252 valence electrons. The summed E-state index contributed by atoms with van der Waals surface area (Å²) in [5.74, 6) is 7.54. The number of aromatic nitrogens is 5. The first-order valence-corrected chi connectivity index (χ1v) is 17.5. The Morgan fingerprint density at radius 2 is 1.92 bits per heavy atom. The highest BCUT2D eigenvalue weighted by atomic mass is 32.1. The first-order valence-electron chi connectivity index (χ1n) is 16.7. The number of aryl methyl sites for hydroxylation is 2. The minimum Gasteiger partial charge on any atom is -0.385 e. The van der Waals surface area contributed by atoms with Crippen LogP contribution in [0.1, 0.15) is 74.0 Å². The number of imide groups is 1. The average Bonchev–Trinajstić information content (AvgIpc) is 3.86. The Morgan fingerprint density at radius 3 is 2.78 bits per heavy atom. The van der Waals surface area contributed by atoms with Crippen molar-refractivity contribution in [2.24, 2.45) is 0 Å². The van der Waals surface area contributed by atoms with Crippen molar-refractivity contribution in [3.05, 3.63) is 111 Å². The summed E-state index contributed by atoms with van der Waals surface area (Å²) >= 11 is 1.65. The number of carbonyl (C=O) groups excluding carboxylic acids is 3. The number of hydrogen-bond donors (Lipinski definition) is 2. The van der Waals surface area contributed by atoms with Crippen molar-refractivity contribution in [2.45, 2.75) is 65.0 Å². The van der Waals surface area contributed by atoms with Gasteiger partial charge in [-0.25, -0.2) is 0 Å². The number of fused-ring (bicyclic) bond motifs is 4. The molecule has 3 aliphatic heterocycles. The van der Waals surface area contributed by atoms with E-state index in [9.17, 15) is 14.4 Å². The number of ether oxygens (including phenoxy) is 1. The molecule has 1 saturated heterocycles. The lowest BCUT2D eigenvalue weighted by atomic mass is 10.0. The Kier molecular flexibility index (Phi) is 8.48. The fraction of sp³-hybridized carbons (Fsp3) is 0.297. The summed E-state index contributed by atoms with van der Waals surface area (Å²) in [5, 5.41) is 20.1. The van der Waals surface area contributed by atoms with E-state index in [0.717, 1.165) is 62.3 Å². The van der Waals surface area contributed by atoms with Crippen LogP contribution in [0.4, 0.5) is 5.69 Å². The van der Waals surface area contributed by atoms with Gasteiger partial charge in [0, 0.05) is 54.6 Å². The summed E-state index contributed by atoms with van der Waals surface area (Å²) in [5.41, 5.74) is 6.67. The van der Waals surface area contributed by atoms with Crippen LogP contribution in [-0.2, 0) is 47.1 Å². The highest BCUT2D eigenvalue weighted by molar-refractivity contribution is 7.15. The molecular weight excluding hydrogens is 653 g/mol. The number of benzene rings is 2. The fourth-order valence-electron chi connectivity index (χ4n) is 6.81. The van der Waals surface area contributed by atoms with Gasteiger partial charge in [-0.2, -0.15) is 5.10 Å². The number of rotatable bonds is 8. The number of carbonyl (C=O) groups is 3. The minimum absolute atomic E-state index is 0.180. The lowest BCUT2D eigenvalue weighted by Gasteiger charge is -2.29. The quantitative estimate of drug-likeness (QED) is 0.141. The third-order valence-electron chi connectivity index (χ3n) is 9.31. The molecule has 8 rings (SSSR count). The van der Waals surface area contributed by atoms with Gasteiger partial charge in [0.05, 0.1) is 23.2 Å². The Hall–Kier alpha value is -5.58. The van der Waals surface area contributed by atoms with Crippen molar-refractivity contribution in [3.8, 4) is 16.8 Å². The van der Waals surface area contributed by atoms with Crippen LogP contribution in [0, 0.1) is 18.8 Å². The van der Waals surface area contributed by atoms with E-state index in [1.54, 1.807) is 28.5 Å². The number of anilines is 1. The predicted octanol–water partition coefficient (Wildman–Crippen LogP) is 4.12. The molecule has 2 N–H and O–H groups in total. The van der Waals surface area contributed by atoms with E-state index >= 15 is 0 Å². The topological polar surface area (TPSA) is 136 Å². The number of piperidine rings is 1. The standard InChI is InChI=1S/C37H34N8O4S/c1-23-41-42-33-22-49-21-29-27(17-24-7-3-2-4-8-24)32(50-37(29)45(23)33)13-11-25-18-39-43(19-25)16-6-15-38-30-10-5-9-26-28(30)20-44(36(26)48)31-12-14-34(46)40-35(31)47/h2-5,7-10,18-19,31,38H,6,12,14-17,20-22H2,1H3,(H,40,46,47). The zero-order chi connectivity index (χ0) is 34.2. The second-order valence-corrected chi connectivity index (χ2v) is 13.6. The number of thiophene rings is 1. The zero-order valence-corrected chi connectivity index (χ0v) is 28.3. The molecule has 0 saturated carbocycles. The SMILES string of the molecule is Cc1nnc2n1-c1sc(C#Cc3cnn(CCCNc4cccc5c4CN(C4CCC(=O)NC4=O)C5=O)c3)c(Cc3ccccc3)c1COC2. The lowest BCUT2D eigenvalue weighted by Crippen LogP contribution is -2.52. The van der Waals surface area contributed by atoms with Crippen LogP contribution in [0.3, 0.4) is 0 Å². The Morgan fingerprint density at radius 1 is 1.04 bits per heavy atom. The molecule has 3 amide bonds. The molecule has 1 atom stereocenters. The molecule has 5 aromatic rings. The van der Waals surface area contributed by atoms with Crippen molar-refractivity contribution in [1.82, 2.24) is 34.8 Å². The van der Waals surface area contributed by atoms with Crippen molar-refractivity contribution in [3.63, 3.8) is 0 Å². The summed E-state index contributed by atoms with van der Waals surface area (Å²) in [6, 6.07) is 15.4. The smallest absolute Gasteiger partial charge is 0.255 e. The van der Waals surface area contributed by atoms with Crippen molar-refractivity contribution >= 4 is 34.7 Å². The van der Waals surface area contributed by atoms with Crippen LogP contribution in [0.2, 0.25) is 0 Å². The van der Waals surface area contributed by atoms with E-state index < -0.39 is 11.9 Å². The van der Waals surface area contributed by atoms with Gasteiger partial charge in [-0.05, 0) is 49.4 Å². The van der Waals surface area contributed by atoms with E-state index in [1.807, 2.05) is 36.0 Å². The molecule has 50 heavy (non-hydrogen) atoms. The van der Waals surface area contributed by atoms with Crippen molar-refractivity contribution < 1.29 is 19.1 Å². The van der Waals surface area contributed by atoms with Gasteiger partial charge in [-0.1, -0.05) is 48.2 Å². The summed E-state index contributed by atoms with van der Waals surface area (Å²) in [7, 11) is 0. The molecule has 13 heteroatoms. The maximum atomic E-state index is 13.2. The van der Waals surface area contributed by atoms with Crippen LogP contribution in [0.15, 0.2) is 60.9 Å². The first kappa shape index (κ1) is 31.7. The van der Waals surface area contributed by atoms with Crippen LogP contribution >= 0.6 is 11.3 Å². The second-order valence-electron chi connectivity index (χ2n) is 12.6. The van der Waals surface area contributed by atoms with Gasteiger partial charge in [-0.3, -0.25) is 28.9 Å². The average molecular weight is 687 g/mol. The molecule has 2 aromatic carbocycles. The van der Waals surface area contributed by atoms with Crippen molar-refractivity contribution in [2.75, 3.05) is 11.9 Å². The van der Waals surface area contributed by atoms with Gasteiger partial charge in [0.1, 0.15) is 23.5 Å². The van der Waals surface area contributed by atoms with Gasteiger partial charge in [0.2, 0.25) is 11.8 Å². The molecule has 1 unspecified atom stereocenters. The molecule has 12 nitrogen and oxygen atoms in total. The van der Waals surface area contributed by atoms with Crippen LogP contribution in [0.5, 0.6) is 0 Å². The third kappa shape index (κ3) is 6.08. The minimum atomic E-state index is -0.636. The van der Waals surface area contributed by atoms with E-state index in [1.165, 1.54) is 5.56 Å². The first-order chi connectivity index (χ1) is 24.4. The van der Waals surface area contributed by atoms with Crippen LogP contribution in [0.25, 0.3) is 5.00 Å². The molecule has 0 aliphatic carbocycles. The second kappa shape index (κ2) is 13.4. The molecule has 1 fully saturated rings. The van der Waals surface area contributed by atoms with Gasteiger partial charge >= 0.3 is 0 Å². The van der Waals surface area contributed by atoms with E-state index in [2.05, 4.69) is 66.6 Å². The van der Waals surface area contributed by atoms with Crippen LogP contribution < -0.4 is 10.6 Å². The zero-order valence-electron chi connectivity index (χ0n) is 27.4. The summed E-state index contributed by atoms with van der Waals surface area (Å²) in [4.78, 5) is 39.8. The largest absolute Gasteiger partial charge is 0.385 e. The molecule has 0 spiro atoms. The van der Waals surface area contributed by atoms with Crippen molar-refractivity contribution in [1.29, 1.82) is 0 Å². The Labute approximate surface area is 292 Å². The van der Waals surface area contributed by atoms with Gasteiger partial charge in [-0.15, -0.1) is 21.5 Å². The number of nitrogens with one attached hydrogen (secondary N) is 2. The molecule has 0 radical (unpaired) electrons. The highest BCUT2D eigenvalue weighted by Gasteiger charge is 2.39. The van der Waals surface area contributed by atoms with E-state index in [0.29, 0.717) is 44.8 Å². The maximum absolute atomic E-state index is 13.2. The molecule has 0 bridgehead atoms. The van der Waals surface area contributed by atoms with E-state index in [-0.39, 0.29) is 18.2 Å². The summed E-state index contributed by atoms with van der Waals surface area (Å²) < 4.78 is 10.0.